The van der Waals surface area contributed by atoms with E-state index in [1.165, 1.54) is 7.11 Å². The van der Waals surface area contributed by atoms with E-state index in [0.717, 1.165) is 19.3 Å². The van der Waals surface area contributed by atoms with Gasteiger partial charge in [0.2, 0.25) is 5.91 Å². The summed E-state index contributed by atoms with van der Waals surface area (Å²) in [4.78, 5) is 34.0. The SMILES string of the molecule is COC(=O)CCC(NC(=O)CC1(CN)CCC1)C(=O)O. The number of amides is 1. The highest BCUT2D eigenvalue weighted by molar-refractivity contribution is 5.84. The van der Waals surface area contributed by atoms with Crippen molar-refractivity contribution >= 4 is 17.8 Å². The van der Waals surface area contributed by atoms with Gasteiger partial charge < -0.3 is 20.9 Å². The molecule has 0 heterocycles. The van der Waals surface area contributed by atoms with Gasteiger partial charge in [-0.25, -0.2) is 4.79 Å². The van der Waals surface area contributed by atoms with Crippen LogP contribution < -0.4 is 11.1 Å². The number of carboxylic acids is 1. The Morgan fingerprint density at radius 3 is 2.45 bits per heavy atom. The smallest absolute Gasteiger partial charge is 0.326 e. The number of carbonyl (C=O) groups excluding carboxylic acids is 2. The first-order valence-corrected chi connectivity index (χ1v) is 6.71. The molecule has 0 bridgehead atoms. The second-order valence-corrected chi connectivity index (χ2v) is 5.31. The van der Waals surface area contributed by atoms with E-state index in [1.807, 2.05) is 0 Å². The molecule has 1 saturated carbocycles. The Morgan fingerprint density at radius 1 is 1.40 bits per heavy atom. The lowest BCUT2D eigenvalue weighted by Crippen LogP contribution is -2.46. The molecule has 0 saturated heterocycles. The van der Waals surface area contributed by atoms with Gasteiger partial charge in [0.05, 0.1) is 7.11 Å². The van der Waals surface area contributed by atoms with Gasteiger partial charge in [-0.1, -0.05) is 6.42 Å². The van der Waals surface area contributed by atoms with Crippen LogP contribution in [0.4, 0.5) is 0 Å². The molecule has 1 rings (SSSR count). The number of nitrogens with one attached hydrogen (secondary N) is 1. The van der Waals surface area contributed by atoms with Crippen molar-refractivity contribution in [1.29, 1.82) is 0 Å². The first kappa shape index (κ1) is 16.4. The molecule has 1 atom stereocenters. The van der Waals surface area contributed by atoms with E-state index in [1.54, 1.807) is 0 Å². The van der Waals surface area contributed by atoms with Crippen molar-refractivity contribution in [3.05, 3.63) is 0 Å². The van der Waals surface area contributed by atoms with Crippen molar-refractivity contribution in [2.75, 3.05) is 13.7 Å². The predicted octanol–water partition coefficient (Wildman–Crippen LogP) is 0.0281. The highest BCUT2D eigenvalue weighted by atomic mass is 16.5. The van der Waals surface area contributed by atoms with E-state index in [0.29, 0.717) is 6.54 Å². The maximum Gasteiger partial charge on any atom is 0.326 e. The van der Waals surface area contributed by atoms with Crippen LogP contribution >= 0.6 is 0 Å². The predicted molar refractivity (Wildman–Crippen MR) is 70.8 cm³/mol. The fraction of sp³-hybridized carbons (Fsp3) is 0.769. The molecule has 1 fully saturated rings. The third-order valence-electron chi connectivity index (χ3n) is 3.88. The number of hydrogen-bond donors (Lipinski definition) is 3. The summed E-state index contributed by atoms with van der Waals surface area (Å²) in [7, 11) is 1.23. The first-order valence-electron chi connectivity index (χ1n) is 6.71. The average molecular weight is 286 g/mol. The van der Waals surface area contributed by atoms with Gasteiger partial charge in [0.1, 0.15) is 6.04 Å². The van der Waals surface area contributed by atoms with Gasteiger partial charge in [0.25, 0.3) is 0 Å². The number of methoxy groups -OCH3 is 1. The van der Waals surface area contributed by atoms with Crippen LogP contribution in [0.5, 0.6) is 0 Å². The molecule has 0 aromatic heterocycles. The van der Waals surface area contributed by atoms with Crippen LogP contribution in [0.3, 0.4) is 0 Å². The molecule has 0 aliphatic heterocycles. The molecule has 7 heteroatoms. The third kappa shape index (κ3) is 4.48. The van der Waals surface area contributed by atoms with E-state index in [9.17, 15) is 14.4 Å². The van der Waals surface area contributed by atoms with Crippen molar-refractivity contribution in [3.8, 4) is 0 Å². The van der Waals surface area contributed by atoms with E-state index in [4.69, 9.17) is 10.8 Å². The second-order valence-electron chi connectivity index (χ2n) is 5.31. The number of carboxylic acid groups (broad SMARTS) is 1. The molecule has 1 aliphatic carbocycles. The van der Waals surface area contributed by atoms with Crippen molar-refractivity contribution in [2.24, 2.45) is 11.1 Å². The Morgan fingerprint density at radius 2 is 2.05 bits per heavy atom. The minimum absolute atomic E-state index is 0.0172. The standard InChI is InChI=1S/C13H22N2O5/c1-20-11(17)4-3-9(12(18)19)15-10(16)7-13(8-14)5-2-6-13/h9H,2-8,14H2,1H3,(H,15,16)(H,18,19). The summed E-state index contributed by atoms with van der Waals surface area (Å²) in [6.45, 7) is 0.431. The molecule has 0 aromatic carbocycles. The minimum Gasteiger partial charge on any atom is -0.480 e. The van der Waals surface area contributed by atoms with E-state index < -0.39 is 18.0 Å². The molecule has 0 radical (unpaired) electrons. The number of ether oxygens (including phenoxy) is 1. The monoisotopic (exact) mass is 286 g/mol. The van der Waals surface area contributed by atoms with Gasteiger partial charge in [0, 0.05) is 12.8 Å². The first-order chi connectivity index (χ1) is 9.42. The molecular formula is C13H22N2O5. The molecule has 1 amide bonds. The average Bonchev–Trinajstić information content (AvgIpc) is 2.37. The minimum atomic E-state index is -1.15. The topological polar surface area (TPSA) is 119 Å². The van der Waals surface area contributed by atoms with Crippen molar-refractivity contribution in [2.45, 2.75) is 44.6 Å². The zero-order chi connectivity index (χ0) is 15.2. The maximum atomic E-state index is 11.9. The van der Waals surface area contributed by atoms with Crippen LogP contribution in [-0.4, -0.2) is 42.6 Å². The molecule has 114 valence electrons. The van der Waals surface area contributed by atoms with Gasteiger partial charge in [0.15, 0.2) is 0 Å². The number of carbonyl (C=O) groups is 3. The quantitative estimate of drug-likeness (QED) is 0.542. The maximum absolute atomic E-state index is 11.9. The number of nitrogens with two attached hydrogens (primary N) is 1. The van der Waals surface area contributed by atoms with Crippen molar-refractivity contribution in [1.82, 2.24) is 5.32 Å². The van der Waals surface area contributed by atoms with Crippen molar-refractivity contribution in [3.63, 3.8) is 0 Å². The van der Waals surface area contributed by atoms with Crippen LogP contribution in [0.15, 0.2) is 0 Å². The van der Waals surface area contributed by atoms with Gasteiger partial charge in [-0.05, 0) is 31.2 Å². The molecule has 0 aromatic rings. The number of esters is 1. The lowest BCUT2D eigenvalue weighted by Gasteiger charge is -2.40. The Bertz CT molecular complexity index is 373. The fourth-order valence-electron chi connectivity index (χ4n) is 2.34. The number of hydrogen-bond acceptors (Lipinski definition) is 5. The second kappa shape index (κ2) is 7.23. The number of rotatable bonds is 8. The summed E-state index contributed by atoms with van der Waals surface area (Å²) < 4.78 is 4.45. The Hall–Kier alpha value is -1.63. The molecule has 1 unspecified atom stereocenters. The van der Waals surface area contributed by atoms with Crippen LogP contribution in [0.25, 0.3) is 0 Å². The highest BCUT2D eigenvalue weighted by Crippen LogP contribution is 2.42. The Kier molecular flexibility index (Phi) is 5.94. The molecule has 0 spiro atoms. The normalized spacial score (nSPS) is 17.7. The van der Waals surface area contributed by atoms with E-state index in [-0.39, 0.29) is 30.6 Å². The lowest BCUT2D eigenvalue weighted by atomic mass is 9.66. The van der Waals surface area contributed by atoms with E-state index in [2.05, 4.69) is 10.1 Å². The van der Waals surface area contributed by atoms with Crippen molar-refractivity contribution < 1.29 is 24.2 Å². The third-order valence-corrected chi connectivity index (χ3v) is 3.88. The molecule has 7 nitrogen and oxygen atoms in total. The summed E-state index contributed by atoms with van der Waals surface area (Å²) in [6.07, 6.45) is 3.06. The van der Waals surface area contributed by atoms with Gasteiger partial charge in [-0.15, -0.1) is 0 Å². The Balaban J connectivity index is 2.46. The summed E-state index contributed by atoms with van der Waals surface area (Å²) in [6, 6.07) is -1.07. The summed E-state index contributed by atoms with van der Waals surface area (Å²) in [5.41, 5.74) is 5.50. The largest absolute Gasteiger partial charge is 0.480 e. The zero-order valence-corrected chi connectivity index (χ0v) is 11.7. The highest BCUT2D eigenvalue weighted by Gasteiger charge is 2.38. The zero-order valence-electron chi connectivity index (χ0n) is 11.7. The van der Waals surface area contributed by atoms with Gasteiger partial charge in [-0.3, -0.25) is 9.59 Å². The summed E-state index contributed by atoms with van der Waals surface area (Å²) >= 11 is 0. The van der Waals surface area contributed by atoms with Gasteiger partial charge in [-0.2, -0.15) is 0 Å². The van der Waals surface area contributed by atoms with Gasteiger partial charge >= 0.3 is 11.9 Å². The van der Waals surface area contributed by atoms with Crippen LogP contribution in [-0.2, 0) is 19.1 Å². The fourth-order valence-corrected chi connectivity index (χ4v) is 2.34. The molecule has 20 heavy (non-hydrogen) atoms. The molecule has 4 N–H and O–H groups in total. The Labute approximate surface area is 117 Å². The number of aliphatic carboxylic acids is 1. The summed E-state index contributed by atoms with van der Waals surface area (Å²) in [5.74, 6) is -1.98. The van der Waals surface area contributed by atoms with Crippen LogP contribution in [0.2, 0.25) is 0 Å². The van der Waals surface area contributed by atoms with Crippen LogP contribution in [0.1, 0.15) is 38.5 Å². The molecular weight excluding hydrogens is 264 g/mol. The van der Waals surface area contributed by atoms with Crippen LogP contribution in [0, 0.1) is 5.41 Å². The lowest BCUT2D eigenvalue weighted by molar-refractivity contribution is -0.144. The van der Waals surface area contributed by atoms with E-state index >= 15 is 0 Å². The summed E-state index contributed by atoms with van der Waals surface area (Å²) in [5, 5.41) is 11.5. The molecule has 1 aliphatic rings.